The van der Waals surface area contributed by atoms with E-state index in [4.69, 9.17) is 0 Å². The van der Waals surface area contributed by atoms with Gasteiger partial charge in [0.05, 0.1) is 5.75 Å². The fourth-order valence-corrected chi connectivity index (χ4v) is 4.66. The highest BCUT2D eigenvalue weighted by Crippen LogP contribution is 2.51. The SMILES string of the molecule is CC(CS(C)(=O)=O)NC1CCC12CCCCC2. The van der Waals surface area contributed by atoms with Gasteiger partial charge in [0.25, 0.3) is 0 Å². The predicted octanol–water partition coefficient (Wildman–Crippen LogP) is 2.12. The Balaban J connectivity index is 1.87. The summed E-state index contributed by atoms with van der Waals surface area (Å²) >= 11 is 0. The summed E-state index contributed by atoms with van der Waals surface area (Å²) in [6, 6.07) is 0.661. The second kappa shape index (κ2) is 4.88. The molecule has 0 aromatic carbocycles. The molecule has 0 heterocycles. The smallest absolute Gasteiger partial charge is 0.148 e. The van der Waals surface area contributed by atoms with E-state index in [-0.39, 0.29) is 11.8 Å². The van der Waals surface area contributed by atoms with Crippen molar-refractivity contribution in [3.8, 4) is 0 Å². The van der Waals surface area contributed by atoms with E-state index in [9.17, 15) is 8.42 Å². The Labute approximate surface area is 105 Å². The second-order valence-electron chi connectivity index (χ2n) is 6.17. The molecule has 0 aromatic rings. The van der Waals surface area contributed by atoms with E-state index in [2.05, 4.69) is 5.32 Å². The summed E-state index contributed by atoms with van der Waals surface area (Å²) in [5.41, 5.74) is 0.518. The molecule has 2 aliphatic carbocycles. The van der Waals surface area contributed by atoms with Crippen molar-refractivity contribution in [3.05, 3.63) is 0 Å². The molecule has 0 radical (unpaired) electrons. The van der Waals surface area contributed by atoms with Crippen LogP contribution in [0, 0.1) is 5.41 Å². The van der Waals surface area contributed by atoms with Gasteiger partial charge in [-0.05, 0) is 38.0 Å². The van der Waals surface area contributed by atoms with Crippen LogP contribution in [0.3, 0.4) is 0 Å². The van der Waals surface area contributed by atoms with Gasteiger partial charge in [-0.1, -0.05) is 19.3 Å². The summed E-state index contributed by atoms with van der Waals surface area (Å²) in [4.78, 5) is 0. The molecule has 0 aromatic heterocycles. The molecule has 2 rings (SSSR count). The minimum absolute atomic E-state index is 0.0918. The Hall–Kier alpha value is -0.0900. The maximum absolute atomic E-state index is 11.3. The molecule has 4 heteroatoms. The molecule has 17 heavy (non-hydrogen) atoms. The maximum atomic E-state index is 11.3. The van der Waals surface area contributed by atoms with Crippen LogP contribution in [-0.4, -0.2) is 32.5 Å². The van der Waals surface area contributed by atoms with Crippen LogP contribution in [0.2, 0.25) is 0 Å². The zero-order valence-electron chi connectivity index (χ0n) is 11.0. The van der Waals surface area contributed by atoms with E-state index in [1.54, 1.807) is 0 Å². The predicted molar refractivity (Wildman–Crippen MR) is 70.8 cm³/mol. The second-order valence-corrected chi connectivity index (χ2v) is 8.36. The molecule has 0 saturated heterocycles. The molecule has 1 N–H and O–H groups in total. The zero-order valence-corrected chi connectivity index (χ0v) is 11.9. The van der Waals surface area contributed by atoms with Gasteiger partial charge in [-0.15, -0.1) is 0 Å². The first-order valence-electron chi connectivity index (χ1n) is 6.85. The first kappa shape index (κ1) is 13.3. The topological polar surface area (TPSA) is 46.2 Å². The van der Waals surface area contributed by atoms with Crippen molar-refractivity contribution < 1.29 is 8.42 Å². The normalized spacial score (nSPS) is 29.9. The summed E-state index contributed by atoms with van der Waals surface area (Å²) in [6.07, 6.45) is 10.7. The molecule has 2 saturated carbocycles. The molecule has 3 nitrogen and oxygen atoms in total. The molecule has 2 aliphatic rings. The van der Waals surface area contributed by atoms with Crippen LogP contribution in [0.4, 0.5) is 0 Å². The number of sulfone groups is 1. The van der Waals surface area contributed by atoms with Crippen molar-refractivity contribution in [2.75, 3.05) is 12.0 Å². The molecule has 0 amide bonds. The number of nitrogens with one attached hydrogen (secondary N) is 1. The third-order valence-corrected chi connectivity index (χ3v) is 5.66. The van der Waals surface area contributed by atoms with Gasteiger partial charge in [0.15, 0.2) is 0 Å². The molecule has 0 aliphatic heterocycles. The van der Waals surface area contributed by atoms with Crippen molar-refractivity contribution in [1.82, 2.24) is 5.32 Å². The molecule has 1 spiro atoms. The van der Waals surface area contributed by atoms with Gasteiger partial charge in [0, 0.05) is 18.3 Å². The summed E-state index contributed by atoms with van der Waals surface area (Å²) < 4.78 is 22.5. The van der Waals surface area contributed by atoms with Gasteiger partial charge < -0.3 is 5.32 Å². The number of rotatable bonds is 4. The third kappa shape index (κ3) is 3.22. The van der Waals surface area contributed by atoms with Crippen LogP contribution in [0.1, 0.15) is 51.9 Å². The van der Waals surface area contributed by atoms with Crippen LogP contribution >= 0.6 is 0 Å². The Morgan fingerprint density at radius 3 is 2.35 bits per heavy atom. The molecule has 2 fully saturated rings. The van der Waals surface area contributed by atoms with Gasteiger partial charge in [0.2, 0.25) is 0 Å². The average molecular weight is 259 g/mol. The standard InChI is InChI=1S/C13H25NO2S/c1-11(10-17(2,15)16)14-12-6-9-13(12)7-4-3-5-8-13/h11-12,14H,3-10H2,1-2H3. The van der Waals surface area contributed by atoms with Crippen LogP contribution in [0.5, 0.6) is 0 Å². The summed E-state index contributed by atoms with van der Waals surface area (Å²) in [6.45, 7) is 2.00. The molecule has 2 atom stereocenters. The van der Waals surface area contributed by atoms with Crippen molar-refractivity contribution in [2.45, 2.75) is 64.0 Å². The Kier molecular flexibility index (Phi) is 3.83. The van der Waals surface area contributed by atoms with Gasteiger partial charge >= 0.3 is 0 Å². The lowest BCUT2D eigenvalue weighted by Crippen LogP contribution is -2.57. The van der Waals surface area contributed by atoms with Crippen LogP contribution in [0.15, 0.2) is 0 Å². The van der Waals surface area contributed by atoms with E-state index in [0.29, 0.717) is 11.5 Å². The van der Waals surface area contributed by atoms with E-state index in [0.717, 1.165) is 0 Å². The minimum Gasteiger partial charge on any atom is -0.310 e. The highest BCUT2D eigenvalue weighted by atomic mass is 32.2. The molecule has 2 unspecified atom stereocenters. The molecule has 100 valence electrons. The fourth-order valence-electron chi connectivity index (χ4n) is 3.66. The summed E-state index contributed by atoms with van der Waals surface area (Å²) in [5, 5.41) is 3.55. The monoisotopic (exact) mass is 259 g/mol. The summed E-state index contributed by atoms with van der Waals surface area (Å²) in [7, 11) is -2.86. The van der Waals surface area contributed by atoms with Gasteiger partial charge in [-0.3, -0.25) is 0 Å². The number of hydrogen-bond acceptors (Lipinski definition) is 3. The Morgan fingerprint density at radius 1 is 1.24 bits per heavy atom. The lowest BCUT2D eigenvalue weighted by molar-refractivity contribution is 0.0189. The third-order valence-electron chi connectivity index (χ3n) is 4.56. The van der Waals surface area contributed by atoms with E-state index in [1.807, 2.05) is 6.92 Å². The lowest BCUT2D eigenvalue weighted by atomic mass is 9.57. The van der Waals surface area contributed by atoms with Crippen molar-refractivity contribution in [1.29, 1.82) is 0 Å². The van der Waals surface area contributed by atoms with Gasteiger partial charge in [0.1, 0.15) is 9.84 Å². The Morgan fingerprint density at radius 2 is 1.88 bits per heavy atom. The van der Waals surface area contributed by atoms with Crippen molar-refractivity contribution in [2.24, 2.45) is 5.41 Å². The quantitative estimate of drug-likeness (QED) is 0.841. The maximum Gasteiger partial charge on any atom is 0.148 e. The highest BCUT2D eigenvalue weighted by molar-refractivity contribution is 7.90. The van der Waals surface area contributed by atoms with Crippen molar-refractivity contribution >= 4 is 9.84 Å². The largest absolute Gasteiger partial charge is 0.310 e. The minimum atomic E-state index is -2.86. The lowest BCUT2D eigenvalue weighted by Gasteiger charge is -2.53. The van der Waals surface area contributed by atoms with E-state index >= 15 is 0 Å². The van der Waals surface area contributed by atoms with Gasteiger partial charge in [-0.2, -0.15) is 0 Å². The van der Waals surface area contributed by atoms with Crippen LogP contribution in [-0.2, 0) is 9.84 Å². The highest BCUT2D eigenvalue weighted by Gasteiger charge is 2.46. The fraction of sp³-hybridized carbons (Fsp3) is 1.00. The van der Waals surface area contributed by atoms with Crippen molar-refractivity contribution in [3.63, 3.8) is 0 Å². The van der Waals surface area contributed by atoms with Crippen LogP contribution in [0.25, 0.3) is 0 Å². The molecular weight excluding hydrogens is 234 g/mol. The average Bonchev–Trinajstić information content (AvgIpc) is 2.23. The van der Waals surface area contributed by atoms with Gasteiger partial charge in [-0.25, -0.2) is 8.42 Å². The van der Waals surface area contributed by atoms with E-state index < -0.39 is 9.84 Å². The molecular formula is C13H25NO2S. The number of hydrogen-bond donors (Lipinski definition) is 1. The first-order chi connectivity index (χ1) is 7.91. The first-order valence-corrected chi connectivity index (χ1v) is 8.91. The Bertz CT molecular complexity index is 358. The summed E-state index contributed by atoms with van der Waals surface area (Å²) in [5.74, 6) is 0.263. The zero-order chi connectivity index (χ0) is 12.5. The van der Waals surface area contributed by atoms with E-state index in [1.165, 1.54) is 51.2 Å². The van der Waals surface area contributed by atoms with Crippen LogP contribution < -0.4 is 5.32 Å². The molecule has 0 bridgehead atoms.